The monoisotopic (exact) mass is 391 g/mol. The number of urea groups is 1. The van der Waals surface area contributed by atoms with Gasteiger partial charge >= 0.3 is 12.0 Å². The van der Waals surface area contributed by atoms with Crippen molar-refractivity contribution in [2.45, 2.75) is 25.5 Å². The second-order valence-electron chi connectivity index (χ2n) is 5.04. The Balaban J connectivity index is 2.65. The van der Waals surface area contributed by atoms with Crippen LogP contribution >= 0.6 is 23.4 Å². The number of hydrogen-bond donors (Lipinski definition) is 3. The van der Waals surface area contributed by atoms with Crippen LogP contribution in [0.4, 0.5) is 14.9 Å². The highest BCUT2D eigenvalue weighted by atomic mass is 35.5. The van der Waals surface area contributed by atoms with Crippen molar-refractivity contribution < 1.29 is 23.5 Å². The summed E-state index contributed by atoms with van der Waals surface area (Å²) in [6.45, 7) is 1.37. The van der Waals surface area contributed by atoms with E-state index < -0.39 is 35.9 Å². The maximum atomic E-state index is 13.1. The minimum absolute atomic E-state index is 0.148. The number of esters is 1. The number of hydrogen-bond acceptors (Lipinski definition) is 5. The van der Waals surface area contributed by atoms with Crippen molar-refractivity contribution in [1.82, 2.24) is 5.32 Å². The Labute approximate surface area is 153 Å². The highest BCUT2D eigenvalue weighted by Crippen LogP contribution is 2.19. The van der Waals surface area contributed by atoms with Crippen LogP contribution in [0.2, 0.25) is 5.02 Å². The zero-order valence-electron chi connectivity index (χ0n) is 13.7. The Hall–Kier alpha value is -2.00. The fraction of sp³-hybridized carbons (Fsp3) is 0.400. The van der Waals surface area contributed by atoms with Crippen LogP contribution in [0.3, 0.4) is 0 Å². The molecule has 3 amide bonds. The van der Waals surface area contributed by atoms with E-state index in [9.17, 15) is 18.8 Å². The summed E-state index contributed by atoms with van der Waals surface area (Å²) in [5.41, 5.74) is 5.29. The molecule has 7 nitrogen and oxygen atoms in total. The molecule has 0 fully saturated rings. The number of ether oxygens (including phenoxy) is 1. The quantitative estimate of drug-likeness (QED) is 0.588. The number of anilines is 1. The van der Waals surface area contributed by atoms with Gasteiger partial charge in [-0.25, -0.2) is 14.0 Å². The molecular weight excluding hydrogens is 373 g/mol. The van der Waals surface area contributed by atoms with Crippen LogP contribution in [-0.4, -0.2) is 42.1 Å². The van der Waals surface area contributed by atoms with Crippen LogP contribution in [0.5, 0.6) is 0 Å². The van der Waals surface area contributed by atoms with Gasteiger partial charge < -0.3 is 21.1 Å². The minimum atomic E-state index is -1.14. The van der Waals surface area contributed by atoms with Crippen molar-refractivity contribution in [2.75, 3.05) is 17.3 Å². The molecule has 1 aromatic carbocycles. The first-order chi connectivity index (χ1) is 11.7. The SMILES string of the molecule is CSCC[C@H](NC(N)=O)C(=O)O[C@@H](C)C(=O)Nc1ccc(F)c(Cl)c1. The van der Waals surface area contributed by atoms with E-state index in [1.807, 2.05) is 6.26 Å². The lowest BCUT2D eigenvalue weighted by Crippen LogP contribution is -2.46. The number of carbonyl (C=O) groups is 3. The Morgan fingerprint density at radius 1 is 1.40 bits per heavy atom. The second-order valence-corrected chi connectivity index (χ2v) is 6.43. The van der Waals surface area contributed by atoms with Gasteiger partial charge in [0.25, 0.3) is 5.91 Å². The highest BCUT2D eigenvalue weighted by Gasteiger charge is 2.25. The van der Waals surface area contributed by atoms with E-state index in [0.717, 1.165) is 6.07 Å². The number of rotatable bonds is 8. The molecule has 0 aliphatic carbocycles. The molecule has 0 unspecified atom stereocenters. The van der Waals surface area contributed by atoms with E-state index >= 15 is 0 Å². The first-order valence-corrected chi connectivity index (χ1v) is 9.03. The van der Waals surface area contributed by atoms with Crippen LogP contribution in [0, 0.1) is 5.82 Å². The summed E-state index contributed by atoms with van der Waals surface area (Å²) >= 11 is 7.12. The lowest BCUT2D eigenvalue weighted by molar-refractivity contribution is -0.155. The van der Waals surface area contributed by atoms with Gasteiger partial charge in [0.05, 0.1) is 5.02 Å². The number of thioether (sulfide) groups is 1. The maximum absolute atomic E-state index is 13.1. The molecule has 2 atom stereocenters. The summed E-state index contributed by atoms with van der Waals surface area (Å²) in [5, 5.41) is 4.59. The van der Waals surface area contributed by atoms with Crippen molar-refractivity contribution in [3.8, 4) is 0 Å². The molecule has 138 valence electrons. The number of nitrogens with one attached hydrogen (secondary N) is 2. The van der Waals surface area contributed by atoms with Crippen LogP contribution in [-0.2, 0) is 14.3 Å². The number of nitrogens with two attached hydrogens (primary N) is 1. The molecule has 0 aromatic heterocycles. The summed E-state index contributed by atoms with van der Waals surface area (Å²) in [6, 6.07) is 1.86. The van der Waals surface area contributed by atoms with E-state index in [1.54, 1.807) is 0 Å². The zero-order chi connectivity index (χ0) is 19.0. The Kier molecular flexibility index (Phi) is 8.50. The molecule has 0 radical (unpaired) electrons. The van der Waals surface area contributed by atoms with Gasteiger partial charge in [-0.1, -0.05) is 11.6 Å². The molecule has 1 aromatic rings. The first kappa shape index (κ1) is 21.0. The van der Waals surface area contributed by atoms with Gasteiger partial charge in [-0.2, -0.15) is 11.8 Å². The second kappa shape index (κ2) is 10.1. The smallest absolute Gasteiger partial charge is 0.329 e. The van der Waals surface area contributed by atoms with Gasteiger partial charge in [0.1, 0.15) is 11.9 Å². The van der Waals surface area contributed by atoms with Gasteiger partial charge in [-0.3, -0.25) is 4.79 Å². The van der Waals surface area contributed by atoms with E-state index in [2.05, 4.69) is 10.6 Å². The van der Waals surface area contributed by atoms with Crippen LogP contribution in [0.15, 0.2) is 18.2 Å². The number of amides is 3. The molecule has 1 rings (SSSR count). The Morgan fingerprint density at radius 3 is 2.64 bits per heavy atom. The van der Waals surface area contributed by atoms with Gasteiger partial charge in [-0.15, -0.1) is 0 Å². The van der Waals surface area contributed by atoms with Crippen molar-refractivity contribution in [3.63, 3.8) is 0 Å². The molecule has 0 saturated heterocycles. The average Bonchev–Trinajstić information content (AvgIpc) is 2.54. The van der Waals surface area contributed by atoms with Gasteiger partial charge in [0.15, 0.2) is 6.10 Å². The molecule has 25 heavy (non-hydrogen) atoms. The predicted molar refractivity (Wildman–Crippen MR) is 95.1 cm³/mol. The third kappa shape index (κ3) is 7.18. The minimum Gasteiger partial charge on any atom is -0.451 e. The summed E-state index contributed by atoms with van der Waals surface area (Å²) in [4.78, 5) is 35.1. The predicted octanol–water partition coefficient (Wildman–Crippen LogP) is 2.14. The van der Waals surface area contributed by atoms with Crippen LogP contribution in [0.25, 0.3) is 0 Å². The maximum Gasteiger partial charge on any atom is 0.329 e. The van der Waals surface area contributed by atoms with Gasteiger partial charge in [-0.05, 0) is 43.6 Å². The van der Waals surface area contributed by atoms with Crippen LogP contribution in [0.1, 0.15) is 13.3 Å². The van der Waals surface area contributed by atoms with E-state index in [-0.39, 0.29) is 10.7 Å². The Bertz CT molecular complexity index is 647. The largest absolute Gasteiger partial charge is 0.451 e. The van der Waals surface area contributed by atoms with Crippen LogP contribution < -0.4 is 16.4 Å². The van der Waals surface area contributed by atoms with Gasteiger partial charge in [0, 0.05) is 5.69 Å². The fourth-order valence-electron chi connectivity index (χ4n) is 1.78. The molecule has 0 saturated carbocycles. The standard InChI is InChI=1S/C15H19ClFN3O4S/c1-8(13(21)19-9-3-4-11(17)10(16)7-9)24-14(22)12(5-6-25-2)20-15(18)23/h3-4,7-8,12H,5-6H2,1-2H3,(H,19,21)(H3,18,20,23)/t8-,12-/m0/s1. The molecule has 4 N–H and O–H groups in total. The van der Waals surface area contributed by atoms with E-state index in [1.165, 1.54) is 30.8 Å². The summed E-state index contributed by atoms with van der Waals surface area (Å²) in [7, 11) is 0. The zero-order valence-corrected chi connectivity index (χ0v) is 15.2. The lowest BCUT2D eigenvalue weighted by atomic mass is 10.2. The van der Waals surface area contributed by atoms with Crippen molar-refractivity contribution in [3.05, 3.63) is 29.0 Å². The lowest BCUT2D eigenvalue weighted by Gasteiger charge is -2.19. The Morgan fingerprint density at radius 2 is 2.08 bits per heavy atom. The topological polar surface area (TPSA) is 111 Å². The van der Waals surface area contributed by atoms with Crippen molar-refractivity contribution >= 4 is 47.0 Å². The molecule has 0 aliphatic rings. The number of benzene rings is 1. The number of primary amides is 1. The van der Waals surface area contributed by atoms with Gasteiger partial charge in [0.2, 0.25) is 0 Å². The van der Waals surface area contributed by atoms with Crippen molar-refractivity contribution in [2.24, 2.45) is 5.73 Å². The molecule has 0 aliphatic heterocycles. The normalized spacial score (nSPS) is 12.8. The molecule has 0 spiro atoms. The molecule has 10 heteroatoms. The molecule has 0 bridgehead atoms. The van der Waals surface area contributed by atoms with E-state index in [4.69, 9.17) is 22.1 Å². The summed E-state index contributed by atoms with van der Waals surface area (Å²) in [5.74, 6) is -1.42. The number of carbonyl (C=O) groups excluding carboxylic acids is 3. The third-order valence-corrected chi connectivity index (χ3v) is 3.99. The summed E-state index contributed by atoms with van der Waals surface area (Å²) in [6.07, 6.45) is 1.02. The summed E-state index contributed by atoms with van der Waals surface area (Å²) < 4.78 is 18.2. The highest BCUT2D eigenvalue weighted by molar-refractivity contribution is 7.98. The van der Waals surface area contributed by atoms with E-state index in [0.29, 0.717) is 12.2 Å². The third-order valence-electron chi connectivity index (χ3n) is 3.06. The average molecular weight is 392 g/mol. The molecular formula is C15H19ClFN3O4S. The fourth-order valence-corrected chi connectivity index (χ4v) is 2.44. The van der Waals surface area contributed by atoms with Crippen molar-refractivity contribution in [1.29, 1.82) is 0 Å². The molecule has 0 heterocycles. The first-order valence-electron chi connectivity index (χ1n) is 7.26. The number of halogens is 2.